The van der Waals surface area contributed by atoms with Crippen LogP contribution in [0.5, 0.6) is 0 Å². The molecule has 0 aromatic heterocycles. The Labute approximate surface area is 117 Å². The molecule has 112 valence electrons. The van der Waals surface area contributed by atoms with E-state index in [1.165, 1.54) is 12.1 Å². The van der Waals surface area contributed by atoms with Crippen molar-refractivity contribution < 1.29 is 19.0 Å². The Morgan fingerprint density at radius 2 is 2.15 bits per heavy atom. The number of aliphatic hydroxyl groups is 1. The van der Waals surface area contributed by atoms with E-state index >= 15 is 0 Å². The van der Waals surface area contributed by atoms with Crippen molar-refractivity contribution in [2.75, 3.05) is 11.9 Å². The van der Waals surface area contributed by atoms with Crippen LogP contribution in [0.2, 0.25) is 0 Å². The van der Waals surface area contributed by atoms with E-state index in [-0.39, 0.29) is 24.2 Å². The smallest absolute Gasteiger partial charge is 0.412 e. The Hall–Kier alpha value is -1.66. The zero-order valence-corrected chi connectivity index (χ0v) is 11.9. The van der Waals surface area contributed by atoms with Crippen LogP contribution in [0.3, 0.4) is 0 Å². The summed E-state index contributed by atoms with van der Waals surface area (Å²) in [4.78, 5) is 11.5. The van der Waals surface area contributed by atoms with Gasteiger partial charge < -0.3 is 15.6 Å². The number of hydrogen-bond acceptors (Lipinski definition) is 4. The Bertz CT molecular complexity index is 472. The zero-order chi connectivity index (χ0) is 15.3. The summed E-state index contributed by atoms with van der Waals surface area (Å²) in [6.07, 6.45) is -1.34. The number of ether oxygens (including phenoxy) is 1. The molecule has 1 aromatic rings. The van der Waals surface area contributed by atoms with E-state index in [9.17, 15) is 14.3 Å². The van der Waals surface area contributed by atoms with Gasteiger partial charge in [-0.1, -0.05) is 6.07 Å². The molecule has 1 rings (SSSR count). The second-order valence-electron chi connectivity index (χ2n) is 5.46. The van der Waals surface area contributed by atoms with Crippen molar-refractivity contribution in [2.45, 2.75) is 38.9 Å². The topological polar surface area (TPSA) is 84.6 Å². The van der Waals surface area contributed by atoms with Crippen molar-refractivity contribution in [1.82, 2.24) is 0 Å². The van der Waals surface area contributed by atoms with Gasteiger partial charge in [0.05, 0.1) is 6.10 Å². The van der Waals surface area contributed by atoms with Crippen LogP contribution in [0.25, 0.3) is 0 Å². The summed E-state index contributed by atoms with van der Waals surface area (Å²) in [5, 5.41) is 12.1. The summed E-state index contributed by atoms with van der Waals surface area (Å²) in [7, 11) is 0. The third-order valence-electron chi connectivity index (χ3n) is 2.44. The van der Waals surface area contributed by atoms with Crippen molar-refractivity contribution in [1.29, 1.82) is 0 Å². The molecular weight excluding hydrogens is 263 g/mol. The minimum atomic E-state index is -0.949. The molecule has 0 aliphatic heterocycles. The van der Waals surface area contributed by atoms with E-state index in [0.717, 1.165) is 6.07 Å². The molecule has 1 aromatic carbocycles. The lowest BCUT2D eigenvalue weighted by molar-refractivity contribution is 0.0636. The highest BCUT2D eigenvalue weighted by atomic mass is 19.1. The van der Waals surface area contributed by atoms with Gasteiger partial charge in [-0.3, -0.25) is 5.32 Å². The molecule has 0 aliphatic carbocycles. The number of carbonyl (C=O) groups is 1. The van der Waals surface area contributed by atoms with E-state index < -0.39 is 23.6 Å². The number of carbonyl (C=O) groups excluding carboxylic acids is 1. The Morgan fingerprint density at radius 3 is 2.65 bits per heavy atom. The van der Waals surface area contributed by atoms with Crippen LogP contribution in [0.15, 0.2) is 18.2 Å². The van der Waals surface area contributed by atoms with E-state index in [4.69, 9.17) is 10.5 Å². The van der Waals surface area contributed by atoms with Gasteiger partial charge >= 0.3 is 6.09 Å². The lowest BCUT2D eigenvalue weighted by Gasteiger charge is -2.20. The van der Waals surface area contributed by atoms with Crippen LogP contribution >= 0.6 is 0 Å². The van der Waals surface area contributed by atoms with Crippen LogP contribution in [-0.4, -0.2) is 23.3 Å². The molecule has 1 atom stereocenters. The summed E-state index contributed by atoms with van der Waals surface area (Å²) in [5.41, 5.74) is 5.11. The summed E-state index contributed by atoms with van der Waals surface area (Å²) < 4.78 is 18.9. The molecule has 20 heavy (non-hydrogen) atoms. The Balaban J connectivity index is 2.75. The normalized spacial score (nSPS) is 12.9. The maximum absolute atomic E-state index is 13.8. The first-order valence-corrected chi connectivity index (χ1v) is 6.40. The molecule has 0 aliphatic rings. The Morgan fingerprint density at radius 1 is 1.50 bits per heavy atom. The van der Waals surface area contributed by atoms with Gasteiger partial charge in [0, 0.05) is 11.3 Å². The van der Waals surface area contributed by atoms with Gasteiger partial charge in [-0.05, 0) is 45.9 Å². The SMILES string of the molecule is CC(C)(C)OC(=O)Nc1ccc([C@@H](O)CCN)c(F)c1. The summed E-state index contributed by atoms with van der Waals surface area (Å²) >= 11 is 0. The van der Waals surface area contributed by atoms with Gasteiger partial charge in [0.15, 0.2) is 0 Å². The van der Waals surface area contributed by atoms with Crippen LogP contribution in [0, 0.1) is 5.82 Å². The Kier molecular flexibility index (Phi) is 5.47. The van der Waals surface area contributed by atoms with Crippen LogP contribution in [-0.2, 0) is 4.74 Å². The fourth-order valence-electron chi connectivity index (χ4n) is 1.61. The standard InChI is InChI=1S/C14H21FN2O3/c1-14(2,3)20-13(19)17-9-4-5-10(11(15)8-9)12(18)6-7-16/h4-5,8,12,18H,6-7,16H2,1-3H3,(H,17,19)/t12-/m0/s1. The molecule has 0 saturated carbocycles. The molecule has 0 fully saturated rings. The molecule has 0 saturated heterocycles. The second-order valence-corrected chi connectivity index (χ2v) is 5.46. The average molecular weight is 284 g/mol. The second kappa shape index (κ2) is 6.67. The number of halogens is 1. The van der Waals surface area contributed by atoms with Crippen LogP contribution in [0.4, 0.5) is 14.9 Å². The number of rotatable bonds is 4. The summed E-state index contributed by atoms with van der Waals surface area (Å²) in [5.74, 6) is -0.598. The van der Waals surface area contributed by atoms with Gasteiger partial charge in [-0.25, -0.2) is 9.18 Å². The number of anilines is 1. The number of nitrogens with one attached hydrogen (secondary N) is 1. The number of amides is 1. The van der Waals surface area contributed by atoms with Gasteiger partial charge in [0.2, 0.25) is 0 Å². The van der Waals surface area contributed by atoms with Crippen molar-refractivity contribution in [3.8, 4) is 0 Å². The number of aliphatic hydroxyl groups excluding tert-OH is 1. The highest BCUT2D eigenvalue weighted by Gasteiger charge is 2.17. The average Bonchev–Trinajstić information content (AvgIpc) is 2.26. The molecule has 0 radical (unpaired) electrons. The monoisotopic (exact) mass is 284 g/mol. The summed E-state index contributed by atoms with van der Waals surface area (Å²) in [6, 6.07) is 4.06. The van der Waals surface area contributed by atoms with E-state index in [1.807, 2.05) is 0 Å². The molecule has 1 amide bonds. The molecular formula is C14H21FN2O3. The van der Waals surface area contributed by atoms with Crippen molar-refractivity contribution in [3.63, 3.8) is 0 Å². The van der Waals surface area contributed by atoms with Gasteiger partial charge in [0.1, 0.15) is 11.4 Å². The quantitative estimate of drug-likeness (QED) is 0.793. The number of benzene rings is 1. The largest absolute Gasteiger partial charge is 0.444 e. The minimum absolute atomic E-state index is 0.158. The predicted molar refractivity (Wildman–Crippen MR) is 74.9 cm³/mol. The first-order valence-electron chi connectivity index (χ1n) is 6.40. The van der Waals surface area contributed by atoms with Crippen LogP contribution in [0.1, 0.15) is 38.9 Å². The molecule has 0 bridgehead atoms. The fourth-order valence-corrected chi connectivity index (χ4v) is 1.61. The first-order chi connectivity index (χ1) is 9.23. The zero-order valence-electron chi connectivity index (χ0n) is 11.9. The van der Waals surface area contributed by atoms with Crippen molar-refractivity contribution in [3.05, 3.63) is 29.6 Å². The molecule has 6 heteroatoms. The number of hydrogen-bond donors (Lipinski definition) is 3. The lowest BCUT2D eigenvalue weighted by atomic mass is 10.1. The van der Waals surface area contributed by atoms with Gasteiger partial charge in [-0.2, -0.15) is 0 Å². The molecule has 4 N–H and O–H groups in total. The summed E-state index contributed by atoms with van der Waals surface area (Å²) in [6.45, 7) is 5.47. The van der Waals surface area contributed by atoms with Crippen LogP contribution < -0.4 is 11.1 Å². The third-order valence-corrected chi connectivity index (χ3v) is 2.44. The molecule has 0 unspecified atom stereocenters. The molecule has 0 heterocycles. The van der Waals surface area contributed by atoms with Crippen molar-refractivity contribution in [2.24, 2.45) is 5.73 Å². The fraction of sp³-hybridized carbons (Fsp3) is 0.500. The first kappa shape index (κ1) is 16.4. The lowest BCUT2D eigenvalue weighted by Crippen LogP contribution is -2.27. The van der Waals surface area contributed by atoms with Gasteiger partial charge in [0.25, 0.3) is 0 Å². The van der Waals surface area contributed by atoms with Gasteiger partial charge in [-0.15, -0.1) is 0 Å². The van der Waals surface area contributed by atoms with Crippen molar-refractivity contribution >= 4 is 11.8 Å². The van der Waals surface area contributed by atoms with E-state index in [1.54, 1.807) is 20.8 Å². The maximum Gasteiger partial charge on any atom is 0.412 e. The molecule has 5 nitrogen and oxygen atoms in total. The van der Waals surface area contributed by atoms with E-state index in [2.05, 4.69) is 5.32 Å². The number of nitrogens with two attached hydrogens (primary N) is 1. The highest BCUT2D eigenvalue weighted by Crippen LogP contribution is 2.23. The maximum atomic E-state index is 13.8. The highest BCUT2D eigenvalue weighted by molar-refractivity contribution is 5.84. The predicted octanol–water partition coefficient (Wildman–Crippen LogP) is 2.55. The third kappa shape index (κ3) is 5.14. The van der Waals surface area contributed by atoms with E-state index in [0.29, 0.717) is 0 Å². The molecule has 0 spiro atoms. The minimum Gasteiger partial charge on any atom is -0.444 e.